The van der Waals surface area contributed by atoms with Crippen LogP contribution in [0.1, 0.15) is 46.0 Å². The number of nitrogens with zero attached hydrogens (tertiary/aromatic N) is 2. The second-order valence-electron chi connectivity index (χ2n) is 8.08. The third-order valence-corrected chi connectivity index (χ3v) is 5.81. The average Bonchev–Trinajstić information content (AvgIpc) is 3.40. The van der Waals surface area contributed by atoms with E-state index in [2.05, 4.69) is 15.0 Å². The number of hydrogen-bond acceptors (Lipinski definition) is 2. The predicted octanol–water partition coefficient (Wildman–Crippen LogP) is 4.07. The van der Waals surface area contributed by atoms with E-state index in [0.717, 1.165) is 11.3 Å². The summed E-state index contributed by atoms with van der Waals surface area (Å²) in [5.41, 5.74) is 8.25. The van der Waals surface area contributed by atoms with Gasteiger partial charge in [-0.15, -0.1) is 13.2 Å². The minimum atomic E-state index is -4.71. The lowest BCUT2D eigenvalue weighted by molar-refractivity contribution is -0.307. The van der Waals surface area contributed by atoms with Crippen molar-refractivity contribution in [2.24, 2.45) is 22.6 Å². The number of fused-ring (bicyclic) bond motifs is 1. The molecule has 1 heterocycles. The van der Waals surface area contributed by atoms with Crippen molar-refractivity contribution in [1.29, 1.82) is 5.41 Å². The molecule has 3 rings (SSSR count). The summed E-state index contributed by atoms with van der Waals surface area (Å²) < 4.78 is 68.8. The first kappa shape index (κ1) is 22.4. The Labute approximate surface area is 171 Å². The van der Waals surface area contributed by atoms with Crippen LogP contribution in [-0.4, -0.2) is 42.2 Å². The number of nitrogens with one attached hydrogen (secondary N) is 2. The topological polar surface area (TPSA) is 86.7 Å². The van der Waals surface area contributed by atoms with E-state index in [1.54, 1.807) is 6.92 Å². The molecule has 3 aliphatic rings. The first-order valence-electron chi connectivity index (χ1n) is 9.87. The number of piperidine rings is 1. The van der Waals surface area contributed by atoms with E-state index in [9.17, 15) is 22.0 Å². The third-order valence-electron chi connectivity index (χ3n) is 5.81. The molecule has 2 unspecified atom stereocenters. The lowest BCUT2D eigenvalue weighted by Gasteiger charge is -2.31. The summed E-state index contributed by atoms with van der Waals surface area (Å²) >= 11 is 0. The Morgan fingerprint density at radius 3 is 2.53 bits per heavy atom. The van der Waals surface area contributed by atoms with Crippen LogP contribution >= 0.6 is 0 Å². The molecule has 0 bridgehead atoms. The normalized spacial score (nSPS) is 27.3. The van der Waals surface area contributed by atoms with Crippen LogP contribution in [0.2, 0.25) is 0 Å². The first-order valence-corrected chi connectivity index (χ1v) is 9.87. The highest BCUT2D eigenvalue weighted by atomic mass is 19.4. The van der Waals surface area contributed by atoms with Gasteiger partial charge in [0, 0.05) is 44.0 Å². The van der Waals surface area contributed by atoms with Crippen LogP contribution in [0, 0.1) is 17.2 Å². The molecule has 0 radical (unpaired) electrons. The maximum absolute atomic E-state index is 13.3. The Kier molecular flexibility index (Phi) is 6.01. The predicted molar refractivity (Wildman–Crippen MR) is 102 cm³/mol. The Bertz CT molecular complexity index is 792. The zero-order valence-electron chi connectivity index (χ0n) is 16.9. The molecule has 2 aliphatic carbocycles. The van der Waals surface area contributed by atoms with Crippen molar-refractivity contribution in [3.63, 3.8) is 0 Å². The molecule has 11 heteroatoms. The molecule has 30 heavy (non-hydrogen) atoms. The fraction of sp³-hybridized carbons (Fsp3) is 0.684. The maximum Gasteiger partial charge on any atom is 0.572 e. The SMILES string of the molecule is CC1=C(OC(F)(F)F)CCC(C)C(NC(N)=NC(=N)N2CCC(F)(F)CC2)=C2CC12. The number of rotatable bonds is 2. The quantitative estimate of drug-likeness (QED) is 0.347. The molecule has 1 saturated heterocycles. The van der Waals surface area contributed by atoms with Crippen LogP contribution in [-0.2, 0) is 4.74 Å². The van der Waals surface area contributed by atoms with Gasteiger partial charge in [0.2, 0.25) is 11.9 Å². The minimum Gasteiger partial charge on any atom is -0.410 e. The summed E-state index contributed by atoms with van der Waals surface area (Å²) in [7, 11) is 0. The molecule has 4 N–H and O–H groups in total. The van der Waals surface area contributed by atoms with Gasteiger partial charge in [-0.1, -0.05) is 6.92 Å². The molecule has 0 spiro atoms. The van der Waals surface area contributed by atoms with Crippen molar-refractivity contribution in [2.75, 3.05) is 13.1 Å². The van der Waals surface area contributed by atoms with Crippen LogP contribution in [0.4, 0.5) is 22.0 Å². The van der Waals surface area contributed by atoms with Gasteiger partial charge < -0.3 is 20.7 Å². The van der Waals surface area contributed by atoms with Crippen molar-refractivity contribution >= 4 is 11.9 Å². The van der Waals surface area contributed by atoms with Crippen LogP contribution in [0.5, 0.6) is 0 Å². The Balaban J connectivity index is 1.70. The number of allylic oxidation sites excluding steroid dienone is 4. The molecule has 0 aromatic rings. The molecule has 0 aromatic heterocycles. The highest BCUT2D eigenvalue weighted by molar-refractivity contribution is 5.93. The number of halogens is 5. The summed E-state index contributed by atoms with van der Waals surface area (Å²) in [5.74, 6) is -3.22. The van der Waals surface area contributed by atoms with E-state index in [0.29, 0.717) is 18.4 Å². The van der Waals surface area contributed by atoms with E-state index in [4.69, 9.17) is 11.1 Å². The molecule has 6 nitrogen and oxygen atoms in total. The van der Waals surface area contributed by atoms with Gasteiger partial charge in [0.05, 0.1) is 0 Å². The van der Waals surface area contributed by atoms with E-state index in [1.807, 2.05) is 6.92 Å². The molecule has 1 saturated carbocycles. The Hall–Kier alpha value is -2.33. The number of guanidine groups is 2. The smallest absolute Gasteiger partial charge is 0.410 e. The number of ether oxygens (including phenoxy) is 1. The lowest BCUT2D eigenvalue weighted by atomic mass is 9.94. The van der Waals surface area contributed by atoms with Crippen molar-refractivity contribution in [3.8, 4) is 0 Å². The molecular weight excluding hydrogens is 409 g/mol. The van der Waals surface area contributed by atoms with Crippen LogP contribution in [0.15, 0.2) is 27.6 Å². The average molecular weight is 435 g/mol. The van der Waals surface area contributed by atoms with Gasteiger partial charge >= 0.3 is 6.36 Å². The van der Waals surface area contributed by atoms with Crippen molar-refractivity contribution in [2.45, 2.75) is 58.2 Å². The summed E-state index contributed by atoms with van der Waals surface area (Å²) in [6, 6.07) is 0. The van der Waals surface area contributed by atoms with E-state index in [-0.39, 0.29) is 61.9 Å². The number of aliphatic imine (C=N–C) groups is 1. The molecule has 0 amide bonds. The van der Waals surface area contributed by atoms with Gasteiger partial charge in [-0.05, 0) is 36.8 Å². The maximum atomic E-state index is 13.3. The summed E-state index contributed by atoms with van der Waals surface area (Å²) in [6.45, 7) is 3.58. The third kappa shape index (κ3) is 5.42. The van der Waals surface area contributed by atoms with Gasteiger partial charge in [0.1, 0.15) is 5.76 Å². The molecule has 168 valence electrons. The Morgan fingerprint density at radius 2 is 1.93 bits per heavy atom. The number of alkyl halides is 5. The highest BCUT2D eigenvalue weighted by Gasteiger charge is 2.41. The summed E-state index contributed by atoms with van der Waals surface area (Å²) in [4.78, 5) is 5.44. The van der Waals surface area contributed by atoms with Crippen molar-refractivity contribution in [1.82, 2.24) is 10.2 Å². The zero-order valence-corrected chi connectivity index (χ0v) is 16.9. The lowest BCUT2D eigenvalue weighted by Crippen LogP contribution is -2.43. The fourth-order valence-corrected chi connectivity index (χ4v) is 3.94. The molecule has 2 atom stereocenters. The Morgan fingerprint density at radius 1 is 1.30 bits per heavy atom. The van der Waals surface area contributed by atoms with Crippen LogP contribution in [0.25, 0.3) is 0 Å². The second kappa shape index (κ2) is 8.07. The zero-order chi connectivity index (χ0) is 22.3. The molecule has 0 aromatic carbocycles. The number of nitrogens with two attached hydrogens (primary N) is 1. The highest BCUT2D eigenvalue weighted by Crippen LogP contribution is 2.50. The van der Waals surface area contributed by atoms with Crippen LogP contribution < -0.4 is 11.1 Å². The second-order valence-corrected chi connectivity index (χ2v) is 8.08. The fourth-order valence-electron chi connectivity index (χ4n) is 3.94. The van der Waals surface area contributed by atoms with Gasteiger partial charge in [-0.3, -0.25) is 5.41 Å². The van der Waals surface area contributed by atoms with Crippen molar-refractivity contribution < 1.29 is 26.7 Å². The molecule has 1 aliphatic heterocycles. The summed E-state index contributed by atoms with van der Waals surface area (Å²) in [5, 5.41) is 11.0. The van der Waals surface area contributed by atoms with Gasteiger partial charge in [-0.25, -0.2) is 8.78 Å². The van der Waals surface area contributed by atoms with Gasteiger partial charge in [0.15, 0.2) is 0 Å². The van der Waals surface area contributed by atoms with Crippen molar-refractivity contribution in [3.05, 3.63) is 22.6 Å². The number of likely N-dealkylation sites (tertiary alicyclic amines) is 1. The van der Waals surface area contributed by atoms with Gasteiger partial charge in [-0.2, -0.15) is 4.99 Å². The van der Waals surface area contributed by atoms with E-state index >= 15 is 0 Å². The van der Waals surface area contributed by atoms with E-state index in [1.165, 1.54) is 4.90 Å². The first-order chi connectivity index (χ1) is 13.9. The van der Waals surface area contributed by atoms with Crippen LogP contribution in [0.3, 0.4) is 0 Å². The number of hydrogen-bond donors (Lipinski definition) is 3. The summed E-state index contributed by atoms with van der Waals surface area (Å²) in [6.07, 6.45) is -4.20. The minimum absolute atomic E-state index is 0.0288. The largest absolute Gasteiger partial charge is 0.572 e. The monoisotopic (exact) mass is 435 g/mol. The standard InChI is InChI=1S/C19H26F5N5O/c1-10-3-4-14(30-19(22,23)24)11(2)12-9-13(12)15(10)27-16(25)28-17(26)29-7-5-18(20,21)6-8-29/h10,12H,3-9H2,1-2H3,(H4,25,26,27,28). The molecular formula is C19H26F5N5O. The van der Waals surface area contributed by atoms with E-state index < -0.39 is 12.3 Å². The van der Waals surface area contributed by atoms with Gasteiger partial charge in [0.25, 0.3) is 5.92 Å². The molecule has 2 fully saturated rings.